The van der Waals surface area contributed by atoms with Gasteiger partial charge >= 0.3 is 0 Å². The minimum Gasteiger partial charge on any atom is -0.492 e. The lowest BCUT2D eigenvalue weighted by Crippen LogP contribution is -2.38. The molecule has 34 heavy (non-hydrogen) atoms. The summed E-state index contributed by atoms with van der Waals surface area (Å²) in [5, 5.41) is 2.60. The molecule has 0 aliphatic carbocycles. The molecule has 0 fully saturated rings. The number of hydrogen-bond donors (Lipinski definition) is 2. The number of carbonyl (C=O) groups excluding carboxylic acids is 2. The van der Waals surface area contributed by atoms with E-state index < -0.39 is 28.4 Å². The van der Waals surface area contributed by atoms with Gasteiger partial charge in [0.1, 0.15) is 12.3 Å². The van der Waals surface area contributed by atoms with E-state index in [2.05, 4.69) is 5.32 Å². The zero-order chi connectivity index (χ0) is 24.7. The van der Waals surface area contributed by atoms with Gasteiger partial charge in [-0.2, -0.15) is 0 Å². The standard InChI is InChI=1S/C24H25N3O5S2/c1-3-32-22-11-7-6-10-21(22)27(34(30,31)18-14-12-17(33-2)13-15-18)16-23(28)26-20-9-5-4-8-19(20)24(25)29/h4-15H,3,16H2,1-2H3,(H2,25,29)(H,26,28). The minimum atomic E-state index is -4.14. The van der Waals surface area contributed by atoms with Crippen molar-refractivity contribution in [3.05, 3.63) is 78.4 Å². The first-order valence-corrected chi connectivity index (χ1v) is 13.0. The van der Waals surface area contributed by atoms with Gasteiger partial charge in [-0.05, 0) is 61.7 Å². The molecule has 8 nitrogen and oxygen atoms in total. The molecule has 0 atom stereocenters. The van der Waals surface area contributed by atoms with Crippen LogP contribution in [0.2, 0.25) is 0 Å². The van der Waals surface area contributed by atoms with Crippen molar-refractivity contribution in [2.75, 3.05) is 29.0 Å². The highest BCUT2D eigenvalue weighted by atomic mass is 32.2. The van der Waals surface area contributed by atoms with Gasteiger partial charge in [0.05, 0.1) is 28.4 Å². The van der Waals surface area contributed by atoms with Crippen LogP contribution in [0.25, 0.3) is 0 Å². The number of benzene rings is 3. The van der Waals surface area contributed by atoms with Crippen LogP contribution in [0, 0.1) is 0 Å². The van der Waals surface area contributed by atoms with E-state index in [1.54, 1.807) is 55.5 Å². The fourth-order valence-corrected chi connectivity index (χ4v) is 5.08. The number of primary amides is 1. The highest BCUT2D eigenvalue weighted by Crippen LogP contribution is 2.33. The predicted octanol–water partition coefficient (Wildman–Crippen LogP) is 3.74. The monoisotopic (exact) mass is 499 g/mol. The average Bonchev–Trinajstić information content (AvgIpc) is 2.83. The van der Waals surface area contributed by atoms with Gasteiger partial charge in [-0.1, -0.05) is 24.3 Å². The van der Waals surface area contributed by atoms with E-state index in [-0.39, 0.29) is 21.8 Å². The van der Waals surface area contributed by atoms with Crippen molar-refractivity contribution in [3.63, 3.8) is 0 Å². The van der Waals surface area contributed by atoms with E-state index in [9.17, 15) is 18.0 Å². The normalized spacial score (nSPS) is 11.0. The maximum Gasteiger partial charge on any atom is 0.264 e. The van der Waals surface area contributed by atoms with Crippen LogP contribution in [-0.4, -0.2) is 39.6 Å². The van der Waals surface area contributed by atoms with Crippen LogP contribution in [-0.2, 0) is 14.8 Å². The zero-order valence-electron chi connectivity index (χ0n) is 18.7. The van der Waals surface area contributed by atoms with Crippen LogP contribution in [0.4, 0.5) is 11.4 Å². The lowest BCUT2D eigenvalue weighted by molar-refractivity contribution is -0.114. The Labute approximate surface area is 203 Å². The lowest BCUT2D eigenvalue weighted by atomic mass is 10.1. The molecule has 10 heteroatoms. The number of para-hydroxylation sites is 3. The first kappa shape index (κ1) is 25.1. The van der Waals surface area contributed by atoms with Crippen LogP contribution in [0.5, 0.6) is 5.75 Å². The lowest BCUT2D eigenvalue weighted by Gasteiger charge is -2.26. The average molecular weight is 500 g/mol. The second-order valence-electron chi connectivity index (χ2n) is 7.05. The van der Waals surface area contributed by atoms with E-state index in [1.165, 1.54) is 36.0 Å². The molecule has 0 spiro atoms. The van der Waals surface area contributed by atoms with Gasteiger partial charge in [0, 0.05) is 4.90 Å². The summed E-state index contributed by atoms with van der Waals surface area (Å²) in [5.74, 6) is -1.04. The summed E-state index contributed by atoms with van der Waals surface area (Å²) in [6.07, 6.45) is 1.89. The van der Waals surface area contributed by atoms with Crippen LogP contribution >= 0.6 is 11.8 Å². The molecular formula is C24H25N3O5S2. The Morgan fingerprint density at radius 2 is 1.65 bits per heavy atom. The van der Waals surface area contributed by atoms with Crippen molar-refractivity contribution in [3.8, 4) is 5.75 Å². The highest BCUT2D eigenvalue weighted by molar-refractivity contribution is 7.98. The first-order chi connectivity index (χ1) is 16.3. The van der Waals surface area contributed by atoms with Gasteiger partial charge < -0.3 is 15.8 Å². The topological polar surface area (TPSA) is 119 Å². The molecule has 0 radical (unpaired) electrons. The molecule has 3 N–H and O–H groups in total. The number of amides is 2. The second kappa shape index (κ2) is 11.1. The van der Waals surface area contributed by atoms with Gasteiger partial charge in [-0.15, -0.1) is 11.8 Å². The van der Waals surface area contributed by atoms with Gasteiger partial charge in [-0.3, -0.25) is 13.9 Å². The first-order valence-electron chi connectivity index (χ1n) is 10.3. The molecule has 3 aromatic carbocycles. The Bertz CT molecular complexity index is 1280. The molecule has 3 aromatic rings. The van der Waals surface area contributed by atoms with E-state index in [4.69, 9.17) is 10.5 Å². The number of ether oxygens (including phenoxy) is 1. The molecule has 0 aliphatic rings. The Balaban J connectivity index is 2.02. The Morgan fingerprint density at radius 3 is 2.29 bits per heavy atom. The summed E-state index contributed by atoms with van der Waals surface area (Å²) in [6, 6.07) is 19.2. The smallest absolute Gasteiger partial charge is 0.264 e. The number of rotatable bonds is 10. The third-order valence-electron chi connectivity index (χ3n) is 4.84. The van der Waals surface area contributed by atoms with Crippen molar-refractivity contribution in [2.45, 2.75) is 16.7 Å². The maximum atomic E-state index is 13.7. The number of hydrogen-bond acceptors (Lipinski definition) is 6. The zero-order valence-corrected chi connectivity index (χ0v) is 20.4. The summed E-state index contributed by atoms with van der Waals surface area (Å²) in [5.41, 5.74) is 5.92. The third-order valence-corrected chi connectivity index (χ3v) is 7.35. The van der Waals surface area contributed by atoms with Crippen LogP contribution < -0.4 is 20.1 Å². The molecule has 0 saturated carbocycles. The van der Waals surface area contributed by atoms with E-state index >= 15 is 0 Å². The van der Waals surface area contributed by atoms with E-state index in [0.29, 0.717) is 12.4 Å². The molecule has 0 unspecified atom stereocenters. The number of thioether (sulfide) groups is 1. The second-order valence-corrected chi connectivity index (χ2v) is 9.79. The van der Waals surface area contributed by atoms with Gasteiger partial charge in [-0.25, -0.2) is 8.42 Å². The summed E-state index contributed by atoms with van der Waals surface area (Å²) in [7, 11) is -4.14. The fourth-order valence-electron chi connectivity index (χ4n) is 3.24. The maximum absolute atomic E-state index is 13.7. The van der Waals surface area contributed by atoms with Crippen LogP contribution in [0.1, 0.15) is 17.3 Å². The summed E-state index contributed by atoms with van der Waals surface area (Å²) < 4.78 is 34.0. The highest BCUT2D eigenvalue weighted by Gasteiger charge is 2.29. The predicted molar refractivity (Wildman–Crippen MR) is 134 cm³/mol. The van der Waals surface area contributed by atoms with Crippen molar-refractivity contribution in [2.24, 2.45) is 5.73 Å². The number of carbonyl (C=O) groups is 2. The Hall–Kier alpha value is -3.50. The van der Waals surface area contributed by atoms with E-state index in [0.717, 1.165) is 9.20 Å². The summed E-state index contributed by atoms with van der Waals surface area (Å²) in [4.78, 5) is 25.6. The van der Waals surface area contributed by atoms with Crippen LogP contribution in [0.3, 0.4) is 0 Å². The van der Waals surface area contributed by atoms with Gasteiger partial charge in [0.2, 0.25) is 5.91 Å². The number of anilines is 2. The SMILES string of the molecule is CCOc1ccccc1N(CC(=O)Nc1ccccc1C(N)=O)S(=O)(=O)c1ccc(SC)cc1. The van der Waals surface area contributed by atoms with Crippen molar-refractivity contribution >= 4 is 45.0 Å². The molecular weight excluding hydrogens is 474 g/mol. The number of sulfonamides is 1. The van der Waals surface area contributed by atoms with Crippen molar-refractivity contribution in [1.82, 2.24) is 0 Å². The summed E-state index contributed by atoms with van der Waals surface area (Å²) in [6.45, 7) is 1.54. The third kappa shape index (κ3) is 5.70. The number of nitrogens with one attached hydrogen (secondary N) is 1. The van der Waals surface area contributed by atoms with Crippen molar-refractivity contribution < 1.29 is 22.7 Å². The van der Waals surface area contributed by atoms with Gasteiger partial charge in [0.15, 0.2) is 0 Å². The molecule has 3 rings (SSSR count). The van der Waals surface area contributed by atoms with Crippen LogP contribution in [0.15, 0.2) is 82.6 Å². The fraction of sp³-hybridized carbons (Fsp3) is 0.167. The summed E-state index contributed by atoms with van der Waals surface area (Å²) >= 11 is 1.49. The molecule has 0 saturated heterocycles. The van der Waals surface area contributed by atoms with Gasteiger partial charge in [0.25, 0.3) is 15.9 Å². The Morgan fingerprint density at radius 1 is 1.00 bits per heavy atom. The molecule has 178 valence electrons. The molecule has 0 heterocycles. The molecule has 0 aromatic heterocycles. The molecule has 0 bridgehead atoms. The molecule has 0 aliphatic heterocycles. The minimum absolute atomic E-state index is 0.0296. The van der Waals surface area contributed by atoms with Crippen molar-refractivity contribution in [1.29, 1.82) is 0 Å². The number of nitrogens with two attached hydrogens (primary N) is 1. The number of nitrogens with zero attached hydrogens (tertiary/aromatic N) is 1. The molecule has 2 amide bonds. The Kier molecular flexibility index (Phi) is 8.19. The quantitative estimate of drug-likeness (QED) is 0.410. The van der Waals surface area contributed by atoms with E-state index in [1.807, 2.05) is 6.26 Å². The largest absolute Gasteiger partial charge is 0.492 e.